The summed E-state index contributed by atoms with van der Waals surface area (Å²) >= 11 is 0. The Bertz CT molecular complexity index is 1070. The number of carbonyl (C=O) groups excluding carboxylic acids is 1. The van der Waals surface area contributed by atoms with E-state index in [-0.39, 0.29) is 27.2 Å². The van der Waals surface area contributed by atoms with Crippen molar-refractivity contribution in [1.29, 1.82) is 0 Å². The van der Waals surface area contributed by atoms with E-state index in [1.807, 2.05) is 6.92 Å². The number of aliphatic hydroxyl groups is 2. The van der Waals surface area contributed by atoms with Crippen molar-refractivity contribution in [2.45, 2.75) is 30.7 Å². The fourth-order valence-electron chi connectivity index (χ4n) is 3.33. The van der Waals surface area contributed by atoms with E-state index in [0.29, 0.717) is 12.4 Å². The van der Waals surface area contributed by atoms with Gasteiger partial charge in [-0.1, -0.05) is 17.7 Å². The second-order valence-corrected chi connectivity index (χ2v) is 8.84. The molecule has 2 atom stereocenters. The van der Waals surface area contributed by atoms with Crippen LogP contribution >= 0.6 is 0 Å². The van der Waals surface area contributed by atoms with Crippen molar-refractivity contribution in [2.75, 3.05) is 18.1 Å². The van der Waals surface area contributed by atoms with Gasteiger partial charge in [-0.25, -0.2) is 13.2 Å². The van der Waals surface area contributed by atoms with Gasteiger partial charge in [0.15, 0.2) is 23.5 Å². The predicted molar refractivity (Wildman–Crippen MR) is 102 cm³/mol. The molecule has 29 heavy (non-hydrogen) atoms. The number of urea groups is 1. The van der Waals surface area contributed by atoms with Crippen LogP contribution in [0.5, 0.6) is 11.5 Å². The average Bonchev–Trinajstić information content (AvgIpc) is 2.87. The van der Waals surface area contributed by atoms with E-state index in [1.54, 1.807) is 24.3 Å². The highest BCUT2D eigenvalue weighted by Crippen LogP contribution is 2.39. The molecule has 2 aliphatic heterocycles. The second kappa shape index (κ2) is 6.61. The van der Waals surface area contributed by atoms with Gasteiger partial charge in [0, 0.05) is 11.8 Å². The fourth-order valence-corrected chi connectivity index (χ4v) is 4.80. The molecule has 2 heterocycles. The number of rotatable bonds is 3. The zero-order valence-corrected chi connectivity index (χ0v) is 16.6. The molecule has 9 nitrogen and oxygen atoms in total. The largest absolute Gasteiger partial charge is 0.486 e. The molecule has 2 unspecified atom stereocenters. The first kappa shape index (κ1) is 19.5. The number of amides is 2. The number of ether oxygens (including phenoxy) is 2. The van der Waals surface area contributed by atoms with Crippen molar-refractivity contribution in [3.05, 3.63) is 48.0 Å². The summed E-state index contributed by atoms with van der Waals surface area (Å²) in [6.45, 7) is 3.63. The predicted octanol–water partition coefficient (Wildman–Crippen LogP) is 1.42. The van der Waals surface area contributed by atoms with Crippen LogP contribution in [0, 0.1) is 6.92 Å². The first-order valence-electron chi connectivity index (χ1n) is 8.89. The monoisotopic (exact) mass is 420 g/mol. The SMILES string of the molecule is Cc1ccc(N2C(=O)N(S(=O)(=O)c3ccc4c(c3)OCCO4)C(O)C2(C)O)cc1. The molecule has 1 saturated heterocycles. The number of carbonyl (C=O) groups is 1. The maximum Gasteiger partial charge on any atom is 0.343 e. The van der Waals surface area contributed by atoms with Gasteiger partial charge in [0.2, 0.25) is 0 Å². The molecule has 0 spiro atoms. The number of nitrogens with zero attached hydrogens (tertiary/aromatic N) is 2. The van der Waals surface area contributed by atoms with Crippen molar-refractivity contribution >= 4 is 21.7 Å². The average molecular weight is 420 g/mol. The van der Waals surface area contributed by atoms with Crippen molar-refractivity contribution in [3.8, 4) is 11.5 Å². The van der Waals surface area contributed by atoms with Crippen LogP contribution in [0.25, 0.3) is 0 Å². The van der Waals surface area contributed by atoms with Gasteiger partial charge in [0.05, 0.1) is 4.90 Å². The number of benzene rings is 2. The second-order valence-electron chi connectivity index (χ2n) is 7.03. The fraction of sp³-hybridized carbons (Fsp3) is 0.316. The number of hydrogen-bond donors (Lipinski definition) is 2. The van der Waals surface area contributed by atoms with Gasteiger partial charge in [-0.3, -0.25) is 4.90 Å². The number of aryl methyl sites for hydroxylation is 1. The van der Waals surface area contributed by atoms with Crippen LogP contribution in [0.4, 0.5) is 10.5 Å². The summed E-state index contributed by atoms with van der Waals surface area (Å²) in [5, 5.41) is 21.4. The van der Waals surface area contributed by atoms with E-state index >= 15 is 0 Å². The zero-order chi connectivity index (χ0) is 21.0. The third-order valence-electron chi connectivity index (χ3n) is 4.91. The van der Waals surface area contributed by atoms with Crippen molar-refractivity contribution in [3.63, 3.8) is 0 Å². The Kier molecular flexibility index (Phi) is 4.45. The van der Waals surface area contributed by atoms with Gasteiger partial charge in [-0.15, -0.1) is 0 Å². The topological polar surface area (TPSA) is 117 Å². The maximum absolute atomic E-state index is 13.2. The molecule has 1 fully saturated rings. The summed E-state index contributed by atoms with van der Waals surface area (Å²) in [5.74, 6) is 0.609. The van der Waals surface area contributed by atoms with Gasteiger partial charge in [-0.2, -0.15) is 4.31 Å². The number of aliphatic hydroxyl groups excluding tert-OH is 1. The molecule has 2 aliphatic rings. The molecule has 2 aromatic carbocycles. The third-order valence-corrected chi connectivity index (χ3v) is 6.63. The minimum atomic E-state index is -4.49. The smallest absolute Gasteiger partial charge is 0.343 e. The van der Waals surface area contributed by atoms with Crippen LogP contribution < -0.4 is 14.4 Å². The quantitative estimate of drug-likeness (QED) is 0.771. The summed E-state index contributed by atoms with van der Waals surface area (Å²) in [7, 11) is -4.49. The van der Waals surface area contributed by atoms with E-state index < -0.39 is 28.0 Å². The normalized spacial score (nSPS) is 24.1. The molecular formula is C19H20N2O7S. The lowest BCUT2D eigenvalue weighted by Crippen LogP contribution is -2.50. The Balaban J connectivity index is 1.76. The first-order chi connectivity index (χ1) is 13.6. The lowest BCUT2D eigenvalue weighted by atomic mass is 10.1. The van der Waals surface area contributed by atoms with Crippen LogP contribution in [0.1, 0.15) is 12.5 Å². The molecule has 4 rings (SSSR count). The Labute approximate surface area is 167 Å². The van der Waals surface area contributed by atoms with Crippen LogP contribution in [0.2, 0.25) is 0 Å². The maximum atomic E-state index is 13.2. The van der Waals surface area contributed by atoms with Crippen LogP contribution in [-0.4, -0.2) is 54.1 Å². The summed E-state index contributed by atoms with van der Waals surface area (Å²) in [6.07, 6.45) is -2.02. The molecule has 0 radical (unpaired) electrons. The van der Waals surface area contributed by atoms with Gasteiger partial charge in [0.25, 0.3) is 10.0 Å². The Morgan fingerprint density at radius 3 is 2.34 bits per heavy atom. The van der Waals surface area contributed by atoms with E-state index in [0.717, 1.165) is 10.5 Å². The Morgan fingerprint density at radius 1 is 1.07 bits per heavy atom. The Hall–Kier alpha value is -2.82. The van der Waals surface area contributed by atoms with Gasteiger partial charge < -0.3 is 19.7 Å². The lowest BCUT2D eigenvalue weighted by molar-refractivity contribution is -0.0689. The molecule has 2 N–H and O–H groups in total. The molecule has 0 bridgehead atoms. The molecule has 0 saturated carbocycles. The van der Waals surface area contributed by atoms with Crippen LogP contribution in [-0.2, 0) is 10.0 Å². The first-order valence-corrected chi connectivity index (χ1v) is 10.3. The Morgan fingerprint density at radius 2 is 1.69 bits per heavy atom. The lowest BCUT2D eigenvalue weighted by Gasteiger charge is -2.30. The minimum Gasteiger partial charge on any atom is -0.486 e. The summed E-state index contributed by atoms with van der Waals surface area (Å²) in [4.78, 5) is 13.6. The highest BCUT2D eigenvalue weighted by molar-refractivity contribution is 7.89. The number of fused-ring (bicyclic) bond motifs is 1. The number of anilines is 1. The van der Waals surface area contributed by atoms with Crippen LogP contribution in [0.15, 0.2) is 47.4 Å². The van der Waals surface area contributed by atoms with Crippen molar-refractivity contribution in [1.82, 2.24) is 4.31 Å². The molecule has 2 aromatic rings. The molecule has 154 valence electrons. The van der Waals surface area contributed by atoms with E-state index in [9.17, 15) is 23.4 Å². The highest BCUT2D eigenvalue weighted by Gasteiger charge is 2.58. The molecule has 2 amide bonds. The van der Waals surface area contributed by atoms with Crippen molar-refractivity contribution in [2.24, 2.45) is 0 Å². The van der Waals surface area contributed by atoms with E-state index in [1.165, 1.54) is 25.1 Å². The summed E-state index contributed by atoms with van der Waals surface area (Å²) in [5.41, 5.74) is -1.00. The molecule has 0 aromatic heterocycles. The van der Waals surface area contributed by atoms with Gasteiger partial charge >= 0.3 is 6.03 Å². The van der Waals surface area contributed by atoms with E-state index in [4.69, 9.17) is 9.47 Å². The number of sulfonamides is 1. The molecule has 0 aliphatic carbocycles. The van der Waals surface area contributed by atoms with Crippen LogP contribution in [0.3, 0.4) is 0 Å². The minimum absolute atomic E-state index is 0.223. The van der Waals surface area contributed by atoms with E-state index in [2.05, 4.69) is 0 Å². The van der Waals surface area contributed by atoms with Crippen molar-refractivity contribution < 1.29 is 32.9 Å². The third kappa shape index (κ3) is 3.00. The van der Waals surface area contributed by atoms with Gasteiger partial charge in [-0.05, 0) is 38.1 Å². The molecule has 10 heteroatoms. The number of hydrogen-bond acceptors (Lipinski definition) is 7. The summed E-state index contributed by atoms with van der Waals surface area (Å²) in [6, 6.07) is 9.39. The summed E-state index contributed by atoms with van der Waals surface area (Å²) < 4.78 is 37.4. The molecular weight excluding hydrogens is 400 g/mol. The zero-order valence-electron chi connectivity index (χ0n) is 15.8. The standard InChI is InChI=1S/C19H20N2O7S/c1-12-3-5-13(6-4-12)20-18(23)21(17(22)19(20,2)24)29(25,26)14-7-8-15-16(11-14)28-10-9-27-15/h3-8,11,17,22,24H,9-10H2,1-2H3. The highest BCUT2D eigenvalue weighted by atomic mass is 32.2. The van der Waals surface area contributed by atoms with Gasteiger partial charge in [0.1, 0.15) is 13.2 Å².